The summed E-state index contributed by atoms with van der Waals surface area (Å²) in [6.45, 7) is 3.53. The first-order valence-electron chi connectivity index (χ1n) is 3.14. The van der Waals surface area contributed by atoms with E-state index in [9.17, 15) is 4.79 Å². The minimum absolute atomic E-state index is 0.00727. The average Bonchev–Trinajstić information content (AvgIpc) is 1.97. The summed E-state index contributed by atoms with van der Waals surface area (Å²) in [4.78, 5) is 10.3. The number of rotatable bonds is 3. The van der Waals surface area contributed by atoms with Crippen molar-refractivity contribution in [1.82, 2.24) is 0 Å². The van der Waals surface area contributed by atoms with Crippen molar-refractivity contribution in [3.8, 4) is 0 Å². The molecule has 0 unspecified atom stereocenters. The molecule has 11 heavy (non-hydrogen) atoms. The predicted octanol–water partition coefficient (Wildman–Crippen LogP) is 1.14. The maximum absolute atomic E-state index is 10.3. The molecule has 0 N–H and O–H groups in total. The summed E-state index contributed by atoms with van der Waals surface area (Å²) in [5.74, 6) is -0.174. The highest BCUT2D eigenvalue weighted by atomic mass is 35.5. The molecule has 0 aromatic heterocycles. The molecule has 0 spiro atoms. The summed E-state index contributed by atoms with van der Waals surface area (Å²) in [6.07, 6.45) is 0. The molecule has 5 heteroatoms. The molecule has 0 rings (SSSR count). The summed E-state index contributed by atoms with van der Waals surface area (Å²) in [7, 11) is 0. The summed E-state index contributed by atoms with van der Waals surface area (Å²) in [6, 6.07) is 0. The van der Waals surface area contributed by atoms with E-state index in [-0.39, 0.29) is 18.5 Å². The van der Waals surface area contributed by atoms with Gasteiger partial charge in [-0.25, -0.2) is 0 Å². The Morgan fingerprint density at radius 1 is 1.55 bits per heavy atom. The molecule has 0 atom stereocenters. The van der Waals surface area contributed by atoms with Crippen LogP contribution >= 0.6 is 11.8 Å². The van der Waals surface area contributed by atoms with Gasteiger partial charge in [0.1, 0.15) is 0 Å². The van der Waals surface area contributed by atoms with Gasteiger partial charge in [-0.2, -0.15) is 0 Å². The monoisotopic (exact) mass is 179 g/mol. The van der Waals surface area contributed by atoms with E-state index in [2.05, 4.69) is 9.25 Å². The van der Waals surface area contributed by atoms with Crippen molar-refractivity contribution >= 4 is 23.6 Å². The van der Waals surface area contributed by atoms with Crippen molar-refractivity contribution in [2.45, 2.75) is 13.8 Å². The SMILES string of the molecule is CCO/C(COC(C)=O)=N\Cl. The van der Waals surface area contributed by atoms with Gasteiger partial charge in [-0.15, -0.1) is 4.51 Å². The summed E-state index contributed by atoms with van der Waals surface area (Å²) < 4.78 is 12.7. The van der Waals surface area contributed by atoms with E-state index in [4.69, 9.17) is 16.5 Å². The topological polar surface area (TPSA) is 47.9 Å². The molecule has 0 amide bonds. The fourth-order valence-corrected chi connectivity index (χ4v) is 0.518. The van der Waals surface area contributed by atoms with Crippen LogP contribution in [0.1, 0.15) is 13.8 Å². The van der Waals surface area contributed by atoms with Crippen molar-refractivity contribution < 1.29 is 14.3 Å². The third-order valence-corrected chi connectivity index (χ3v) is 0.993. The second kappa shape index (κ2) is 5.97. The molecular formula is C6H10ClNO3. The van der Waals surface area contributed by atoms with E-state index in [1.165, 1.54) is 6.92 Å². The third-order valence-electron chi connectivity index (χ3n) is 0.804. The fourth-order valence-electron chi connectivity index (χ4n) is 0.420. The Balaban J connectivity index is 3.62. The van der Waals surface area contributed by atoms with Crippen LogP contribution in [0.4, 0.5) is 0 Å². The van der Waals surface area contributed by atoms with Crippen LogP contribution in [-0.4, -0.2) is 25.1 Å². The number of carbonyl (C=O) groups is 1. The lowest BCUT2D eigenvalue weighted by molar-refractivity contribution is -0.139. The maximum atomic E-state index is 10.3. The highest BCUT2D eigenvalue weighted by molar-refractivity contribution is 6.19. The van der Waals surface area contributed by atoms with Crippen molar-refractivity contribution in [2.24, 2.45) is 4.51 Å². The van der Waals surface area contributed by atoms with Crippen LogP contribution in [0.3, 0.4) is 0 Å². The molecule has 0 aromatic rings. The Morgan fingerprint density at radius 2 is 2.18 bits per heavy atom. The minimum atomic E-state index is -0.387. The van der Waals surface area contributed by atoms with Crippen LogP contribution in [-0.2, 0) is 14.3 Å². The molecule has 0 saturated carbocycles. The lowest BCUT2D eigenvalue weighted by Gasteiger charge is -2.04. The molecule has 0 fully saturated rings. The van der Waals surface area contributed by atoms with Crippen LogP contribution < -0.4 is 0 Å². The predicted molar refractivity (Wildman–Crippen MR) is 41.5 cm³/mol. The van der Waals surface area contributed by atoms with E-state index in [0.29, 0.717) is 6.61 Å². The number of nitrogens with zero attached hydrogens (tertiary/aromatic N) is 1. The third kappa shape index (κ3) is 5.66. The quantitative estimate of drug-likeness (QED) is 0.371. The first-order chi connectivity index (χ1) is 5.20. The van der Waals surface area contributed by atoms with Gasteiger partial charge in [-0.3, -0.25) is 4.79 Å². The average molecular weight is 180 g/mol. The van der Waals surface area contributed by atoms with Gasteiger partial charge in [0.25, 0.3) is 0 Å². The number of esters is 1. The molecule has 0 heterocycles. The molecule has 0 aliphatic heterocycles. The molecule has 0 aromatic carbocycles. The van der Waals surface area contributed by atoms with Crippen LogP contribution in [0.15, 0.2) is 4.51 Å². The molecule has 0 aliphatic rings. The highest BCUT2D eigenvalue weighted by Gasteiger charge is 2.00. The van der Waals surface area contributed by atoms with Crippen molar-refractivity contribution in [1.29, 1.82) is 0 Å². The van der Waals surface area contributed by atoms with Gasteiger partial charge in [-0.1, -0.05) is 0 Å². The Hall–Kier alpha value is -0.770. The zero-order chi connectivity index (χ0) is 8.69. The van der Waals surface area contributed by atoms with Crippen molar-refractivity contribution in [3.63, 3.8) is 0 Å². The Morgan fingerprint density at radius 3 is 2.55 bits per heavy atom. The molecule has 0 bridgehead atoms. The van der Waals surface area contributed by atoms with Gasteiger partial charge in [0.2, 0.25) is 5.90 Å². The standard InChI is InChI=1S/C6H10ClNO3/c1-3-10-6(8-7)4-11-5(2)9/h3-4H2,1-2H3/b8-6-. The van der Waals surface area contributed by atoms with E-state index in [0.717, 1.165) is 0 Å². The van der Waals surface area contributed by atoms with Gasteiger partial charge in [-0.05, 0) is 6.92 Å². The molecule has 4 nitrogen and oxygen atoms in total. The van der Waals surface area contributed by atoms with Crippen LogP contribution in [0.5, 0.6) is 0 Å². The van der Waals surface area contributed by atoms with E-state index >= 15 is 0 Å². The Kier molecular flexibility index (Phi) is 5.56. The number of halogens is 1. The van der Waals surface area contributed by atoms with Gasteiger partial charge >= 0.3 is 5.97 Å². The van der Waals surface area contributed by atoms with E-state index in [1.54, 1.807) is 6.92 Å². The second-order valence-electron chi connectivity index (χ2n) is 1.69. The van der Waals surface area contributed by atoms with E-state index in [1.807, 2.05) is 0 Å². The first-order valence-corrected chi connectivity index (χ1v) is 3.48. The van der Waals surface area contributed by atoms with Crippen LogP contribution in [0, 0.1) is 0 Å². The lowest BCUT2D eigenvalue weighted by atomic mass is 10.7. The smallest absolute Gasteiger partial charge is 0.303 e. The van der Waals surface area contributed by atoms with Gasteiger partial charge < -0.3 is 9.47 Å². The lowest BCUT2D eigenvalue weighted by Crippen LogP contribution is -2.14. The van der Waals surface area contributed by atoms with Gasteiger partial charge in [0.15, 0.2) is 6.61 Å². The number of hydrogen-bond acceptors (Lipinski definition) is 4. The molecule has 0 aliphatic carbocycles. The Bertz CT molecular complexity index is 158. The number of carbonyl (C=O) groups excluding carboxylic acids is 1. The summed E-state index contributed by atoms with van der Waals surface area (Å²) in [5.41, 5.74) is 0. The Labute approximate surface area is 70.3 Å². The minimum Gasteiger partial charge on any atom is -0.478 e. The maximum Gasteiger partial charge on any atom is 0.303 e. The molecular weight excluding hydrogens is 170 g/mol. The highest BCUT2D eigenvalue weighted by Crippen LogP contribution is 1.89. The van der Waals surface area contributed by atoms with Crippen LogP contribution in [0.25, 0.3) is 0 Å². The van der Waals surface area contributed by atoms with Gasteiger partial charge in [0, 0.05) is 18.7 Å². The number of hydrogen-bond donors (Lipinski definition) is 0. The summed E-state index contributed by atoms with van der Waals surface area (Å²) >= 11 is 5.10. The molecule has 0 saturated heterocycles. The fraction of sp³-hybridized carbons (Fsp3) is 0.667. The van der Waals surface area contributed by atoms with Crippen molar-refractivity contribution in [2.75, 3.05) is 13.2 Å². The van der Waals surface area contributed by atoms with Gasteiger partial charge in [0.05, 0.1) is 6.61 Å². The van der Waals surface area contributed by atoms with Crippen molar-refractivity contribution in [3.05, 3.63) is 0 Å². The van der Waals surface area contributed by atoms with Crippen LogP contribution in [0.2, 0.25) is 0 Å². The molecule has 0 radical (unpaired) electrons. The largest absolute Gasteiger partial charge is 0.478 e. The first kappa shape index (κ1) is 10.2. The van der Waals surface area contributed by atoms with E-state index < -0.39 is 0 Å². The number of ether oxygens (including phenoxy) is 2. The second-order valence-corrected chi connectivity index (χ2v) is 1.86. The molecule has 64 valence electrons. The zero-order valence-electron chi connectivity index (χ0n) is 6.46. The summed E-state index contributed by atoms with van der Waals surface area (Å²) in [5, 5.41) is 0. The normalized spacial score (nSPS) is 11.0. The zero-order valence-corrected chi connectivity index (χ0v) is 7.22.